The number of hydrogen-bond donors (Lipinski definition) is 2. The van der Waals surface area contributed by atoms with Crippen LogP contribution in [0.4, 0.5) is 4.39 Å². The van der Waals surface area contributed by atoms with Crippen LogP contribution >= 0.6 is 0 Å². The van der Waals surface area contributed by atoms with Crippen LogP contribution < -0.4 is 4.72 Å². The zero-order chi connectivity index (χ0) is 19.2. The number of hydrogen-bond acceptors (Lipinski definition) is 5. The van der Waals surface area contributed by atoms with Gasteiger partial charge in [-0.15, -0.1) is 0 Å². The summed E-state index contributed by atoms with van der Waals surface area (Å²) in [6.07, 6.45) is 0.990. The lowest BCUT2D eigenvalue weighted by molar-refractivity contribution is -0.184. The fourth-order valence-electron chi connectivity index (χ4n) is 2.92. The van der Waals surface area contributed by atoms with Crippen molar-refractivity contribution >= 4 is 10.0 Å². The molecule has 0 radical (unpaired) electrons. The lowest BCUT2D eigenvalue weighted by Crippen LogP contribution is -2.47. The van der Waals surface area contributed by atoms with Crippen molar-refractivity contribution in [1.82, 2.24) is 4.72 Å². The van der Waals surface area contributed by atoms with Crippen molar-refractivity contribution < 1.29 is 27.4 Å². The highest BCUT2D eigenvalue weighted by atomic mass is 32.2. The van der Waals surface area contributed by atoms with Crippen molar-refractivity contribution in [2.24, 2.45) is 5.92 Å². The number of rotatable bonds is 9. The summed E-state index contributed by atoms with van der Waals surface area (Å²) < 4.78 is 52.5. The molecular formula is C18H28FNO5S. The van der Waals surface area contributed by atoms with Crippen LogP contribution in [-0.4, -0.2) is 45.2 Å². The Morgan fingerprint density at radius 3 is 2.58 bits per heavy atom. The minimum absolute atomic E-state index is 0.125. The fourth-order valence-corrected chi connectivity index (χ4v) is 4.38. The summed E-state index contributed by atoms with van der Waals surface area (Å²) in [5, 5.41) is 10.6. The third-order valence-corrected chi connectivity index (χ3v) is 6.18. The Morgan fingerprint density at radius 2 is 1.96 bits per heavy atom. The van der Waals surface area contributed by atoms with Gasteiger partial charge in [0.1, 0.15) is 10.7 Å². The Morgan fingerprint density at radius 1 is 1.31 bits per heavy atom. The van der Waals surface area contributed by atoms with Crippen LogP contribution in [0.25, 0.3) is 0 Å². The maximum Gasteiger partial charge on any atom is 0.243 e. The van der Waals surface area contributed by atoms with E-state index in [1.807, 2.05) is 13.8 Å². The van der Waals surface area contributed by atoms with Gasteiger partial charge in [-0.25, -0.2) is 17.5 Å². The van der Waals surface area contributed by atoms with E-state index in [1.54, 1.807) is 0 Å². The number of aliphatic hydroxyl groups is 1. The molecule has 148 valence electrons. The molecule has 0 bridgehead atoms. The lowest BCUT2D eigenvalue weighted by atomic mass is 9.93. The maximum absolute atomic E-state index is 13.9. The van der Waals surface area contributed by atoms with Gasteiger partial charge in [0.05, 0.1) is 25.4 Å². The average molecular weight is 389 g/mol. The molecule has 0 amide bonds. The molecule has 1 heterocycles. The van der Waals surface area contributed by atoms with Gasteiger partial charge in [-0.2, -0.15) is 0 Å². The molecule has 2 N–H and O–H groups in total. The van der Waals surface area contributed by atoms with Crippen LogP contribution in [0.2, 0.25) is 0 Å². The first kappa shape index (κ1) is 21.2. The number of sulfonamides is 1. The van der Waals surface area contributed by atoms with E-state index in [1.165, 1.54) is 18.2 Å². The Balaban J connectivity index is 2.07. The molecule has 1 unspecified atom stereocenters. The van der Waals surface area contributed by atoms with Gasteiger partial charge in [-0.05, 0) is 30.9 Å². The van der Waals surface area contributed by atoms with Gasteiger partial charge >= 0.3 is 0 Å². The molecule has 6 nitrogen and oxygen atoms in total. The number of ether oxygens (including phenoxy) is 2. The topological polar surface area (TPSA) is 84.9 Å². The van der Waals surface area contributed by atoms with Gasteiger partial charge in [0.15, 0.2) is 6.29 Å². The number of aliphatic hydroxyl groups excluding tert-OH is 1. The van der Waals surface area contributed by atoms with E-state index in [4.69, 9.17) is 9.47 Å². The van der Waals surface area contributed by atoms with Crippen molar-refractivity contribution in [2.45, 2.75) is 62.9 Å². The molecule has 1 aliphatic heterocycles. The predicted molar refractivity (Wildman–Crippen MR) is 95.5 cm³/mol. The minimum Gasteiger partial charge on any atom is -0.391 e. The van der Waals surface area contributed by atoms with Crippen molar-refractivity contribution in [3.63, 3.8) is 0 Å². The molecule has 1 saturated heterocycles. The SMILES string of the molecule is CC[C@H](C)[C@H](NS(=O)(=O)c1ccccc1F)C(O)CCC1OCCCO1. The predicted octanol–water partition coefficient (Wildman–Crippen LogP) is 2.42. The molecule has 1 aliphatic rings. The summed E-state index contributed by atoms with van der Waals surface area (Å²) in [6, 6.07) is 4.47. The van der Waals surface area contributed by atoms with Gasteiger partial charge < -0.3 is 14.6 Å². The average Bonchev–Trinajstić information content (AvgIpc) is 2.64. The van der Waals surface area contributed by atoms with Crippen molar-refractivity contribution in [2.75, 3.05) is 13.2 Å². The quantitative estimate of drug-likeness (QED) is 0.678. The van der Waals surface area contributed by atoms with E-state index in [9.17, 15) is 17.9 Å². The van der Waals surface area contributed by atoms with Crippen LogP contribution in [0.3, 0.4) is 0 Å². The molecule has 0 spiro atoms. The molecule has 1 fully saturated rings. The van der Waals surface area contributed by atoms with Crippen molar-refractivity contribution in [3.8, 4) is 0 Å². The number of halogens is 1. The van der Waals surface area contributed by atoms with Crippen LogP contribution in [-0.2, 0) is 19.5 Å². The molecule has 26 heavy (non-hydrogen) atoms. The van der Waals surface area contributed by atoms with Gasteiger partial charge in [0, 0.05) is 6.42 Å². The standard InChI is InChI=1S/C18H28FNO5S/c1-3-13(2)18(15(21)9-10-17-24-11-6-12-25-17)20-26(22,23)16-8-5-4-7-14(16)19/h4-5,7-8,13,15,17-18,20-21H,3,6,9-12H2,1-2H3/t13-,15?,18-/m0/s1. The van der Waals surface area contributed by atoms with Crippen molar-refractivity contribution in [3.05, 3.63) is 30.1 Å². The highest BCUT2D eigenvalue weighted by Crippen LogP contribution is 2.21. The molecule has 0 aromatic heterocycles. The monoisotopic (exact) mass is 389 g/mol. The molecule has 8 heteroatoms. The fraction of sp³-hybridized carbons (Fsp3) is 0.667. The maximum atomic E-state index is 13.9. The molecular weight excluding hydrogens is 361 g/mol. The molecule has 0 aliphatic carbocycles. The Hall–Kier alpha value is -1.06. The third-order valence-electron chi connectivity index (χ3n) is 4.68. The molecule has 3 atom stereocenters. The highest BCUT2D eigenvalue weighted by molar-refractivity contribution is 7.89. The first-order valence-electron chi connectivity index (χ1n) is 9.03. The zero-order valence-corrected chi connectivity index (χ0v) is 16.0. The lowest BCUT2D eigenvalue weighted by Gasteiger charge is -2.30. The second kappa shape index (κ2) is 9.75. The largest absolute Gasteiger partial charge is 0.391 e. The van der Waals surface area contributed by atoms with Gasteiger partial charge in [-0.1, -0.05) is 32.4 Å². The summed E-state index contributed by atoms with van der Waals surface area (Å²) in [7, 11) is -4.08. The van der Waals surface area contributed by atoms with E-state index in [0.717, 1.165) is 12.5 Å². The molecule has 1 aromatic carbocycles. The number of benzene rings is 1. The van der Waals surface area contributed by atoms with E-state index in [-0.39, 0.29) is 12.2 Å². The third kappa shape index (κ3) is 5.72. The Labute approximate surface area is 154 Å². The second-order valence-electron chi connectivity index (χ2n) is 6.63. The Bertz CT molecular complexity index is 663. The molecule has 1 aromatic rings. The van der Waals surface area contributed by atoms with Gasteiger partial charge in [-0.3, -0.25) is 0 Å². The first-order valence-corrected chi connectivity index (χ1v) is 10.5. The molecule has 0 saturated carbocycles. The van der Waals surface area contributed by atoms with Crippen molar-refractivity contribution in [1.29, 1.82) is 0 Å². The van der Waals surface area contributed by atoms with E-state index in [2.05, 4.69) is 4.72 Å². The minimum atomic E-state index is -4.08. The van der Waals surface area contributed by atoms with E-state index >= 15 is 0 Å². The van der Waals surface area contributed by atoms with E-state index in [0.29, 0.717) is 32.5 Å². The first-order chi connectivity index (χ1) is 12.3. The van der Waals surface area contributed by atoms with E-state index < -0.39 is 32.9 Å². The summed E-state index contributed by atoms with van der Waals surface area (Å²) in [4.78, 5) is -0.417. The van der Waals surface area contributed by atoms with Crippen LogP contribution in [0.5, 0.6) is 0 Å². The second-order valence-corrected chi connectivity index (χ2v) is 8.31. The van der Waals surface area contributed by atoms with Crippen LogP contribution in [0.1, 0.15) is 39.5 Å². The summed E-state index contributed by atoms with van der Waals surface area (Å²) in [6.45, 7) is 5.01. The summed E-state index contributed by atoms with van der Waals surface area (Å²) in [5.74, 6) is -0.943. The smallest absolute Gasteiger partial charge is 0.243 e. The van der Waals surface area contributed by atoms with Crippen LogP contribution in [0, 0.1) is 11.7 Å². The van der Waals surface area contributed by atoms with Crippen LogP contribution in [0.15, 0.2) is 29.2 Å². The summed E-state index contributed by atoms with van der Waals surface area (Å²) in [5.41, 5.74) is 0. The normalized spacial score (nSPS) is 19.8. The Kier molecular flexibility index (Phi) is 7.97. The summed E-state index contributed by atoms with van der Waals surface area (Å²) >= 11 is 0. The van der Waals surface area contributed by atoms with Gasteiger partial charge in [0.25, 0.3) is 0 Å². The van der Waals surface area contributed by atoms with Gasteiger partial charge in [0.2, 0.25) is 10.0 Å². The number of nitrogens with one attached hydrogen (secondary N) is 1. The zero-order valence-electron chi connectivity index (χ0n) is 15.2. The molecule has 2 rings (SSSR count). The highest BCUT2D eigenvalue weighted by Gasteiger charge is 2.31.